The van der Waals surface area contributed by atoms with Crippen molar-refractivity contribution < 1.29 is 18.3 Å². The highest BCUT2D eigenvalue weighted by Gasteiger charge is 2.38. The SMILES string of the molecule is O=C(N/N=C1/C[C@H]2C=CC[C@@H]12)c1cc(S(=O)(=O)NCc2ccccc2)ccc1O. The highest BCUT2D eigenvalue weighted by atomic mass is 32.2. The second-order valence-electron chi connectivity index (χ2n) is 7.17. The first-order chi connectivity index (χ1) is 13.9. The van der Waals surface area contributed by atoms with Gasteiger partial charge < -0.3 is 5.11 Å². The van der Waals surface area contributed by atoms with Crippen molar-refractivity contribution in [2.45, 2.75) is 24.3 Å². The third kappa shape index (κ3) is 4.08. The Labute approximate surface area is 169 Å². The van der Waals surface area contributed by atoms with Crippen LogP contribution in [0.5, 0.6) is 5.75 Å². The number of rotatable bonds is 6. The van der Waals surface area contributed by atoms with E-state index >= 15 is 0 Å². The smallest absolute Gasteiger partial charge is 0.275 e. The lowest BCUT2D eigenvalue weighted by atomic mass is 9.74. The van der Waals surface area contributed by atoms with Gasteiger partial charge in [-0.2, -0.15) is 5.10 Å². The Morgan fingerprint density at radius 1 is 1.17 bits per heavy atom. The van der Waals surface area contributed by atoms with Crippen LogP contribution in [0.2, 0.25) is 0 Å². The van der Waals surface area contributed by atoms with E-state index in [-0.39, 0.29) is 22.8 Å². The number of hydrazone groups is 1. The summed E-state index contributed by atoms with van der Waals surface area (Å²) in [5.74, 6) is -0.107. The number of nitrogens with one attached hydrogen (secondary N) is 2. The Morgan fingerprint density at radius 3 is 2.72 bits per heavy atom. The summed E-state index contributed by atoms with van der Waals surface area (Å²) in [7, 11) is -3.85. The molecule has 3 N–H and O–H groups in total. The average Bonchev–Trinajstić information content (AvgIpc) is 3.08. The van der Waals surface area contributed by atoms with Crippen molar-refractivity contribution in [2.75, 3.05) is 0 Å². The zero-order valence-electron chi connectivity index (χ0n) is 15.6. The van der Waals surface area contributed by atoms with Crippen LogP contribution < -0.4 is 10.1 Å². The summed E-state index contributed by atoms with van der Waals surface area (Å²) in [6, 6.07) is 12.7. The molecule has 0 aliphatic heterocycles. The van der Waals surface area contributed by atoms with E-state index in [1.165, 1.54) is 12.1 Å². The number of fused-ring (bicyclic) bond motifs is 1. The van der Waals surface area contributed by atoms with Crippen LogP contribution in [-0.2, 0) is 16.6 Å². The predicted octanol–water partition coefficient (Wildman–Crippen LogP) is 2.55. The van der Waals surface area contributed by atoms with Crippen LogP contribution in [-0.4, -0.2) is 25.1 Å². The van der Waals surface area contributed by atoms with Crippen LogP contribution in [0, 0.1) is 11.8 Å². The fourth-order valence-corrected chi connectivity index (χ4v) is 4.61. The fourth-order valence-electron chi connectivity index (χ4n) is 3.57. The number of hydrogen-bond acceptors (Lipinski definition) is 5. The van der Waals surface area contributed by atoms with Gasteiger partial charge in [0.1, 0.15) is 5.75 Å². The number of nitrogens with zero attached hydrogens (tertiary/aromatic N) is 1. The Kier molecular flexibility index (Phi) is 5.21. The normalized spacial score (nSPS) is 21.6. The van der Waals surface area contributed by atoms with Crippen molar-refractivity contribution in [3.05, 3.63) is 71.8 Å². The summed E-state index contributed by atoms with van der Waals surface area (Å²) in [5.41, 5.74) is 4.02. The molecule has 0 bridgehead atoms. The van der Waals surface area contributed by atoms with Gasteiger partial charge in [0, 0.05) is 18.2 Å². The van der Waals surface area contributed by atoms with E-state index < -0.39 is 15.9 Å². The van der Waals surface area contributed by atoms with Crippen LogP contribution in [0.25, 0.3) is 0 Å². The number of hydrogen-bond donors (Lipinski definition) is 3. The molecule has 7 nitrogen and oxygen atoms in total. The quantitative estimate of drug-likeness (QED) is 0.501. The van der Waals surface area contributed by atoms with E-state index in [1.54, 1.807) is 0 Å². The van der Waals surface area contributed by atoms with E-state index in [2.05, 4.69) is 27.4 Å². The number of carbonyl (C=O) groups is 1. The molecule has 0 aromatic heterocycles. The molecule has 2 aromatic carbocycles. The summed E-state index contributed by atoms with van der Waals surface area (Å²) in [5, 5.41) is 14.2. The monoisotopic (exact) mass is 411 g/mol. The van der Waals surface area contributed by atoms with Gasteiger partial charge in [0.05, 0.1) is 10.5 Å². The summed E-state index contributed by atoms with van der Waals surface area (Å²) < 4.78 is 27.7. The van der Waals surface area contributed by atoms with Crippen molar-refractivity contribution >= 4 is 21.6 Å². The Balaban J connectivity index is 1.46. The molecule has 8 heteroatoms. The molecule has 1 fully saturated rings. The van der Waals surface area contributed by atoms with Crippen molar-refractivity contribution in [1.82, 2.24) is 10.1 Å². The first-order valence-electron chi connectivity index (χ1n) is 9.34. The van der Waals surface area contributed by atoms with E-state index in [4.69, 9.17) is 0 Å². The summed E-state index contributed by atoms with van der Waals surface area (Å²) in [4.78, 5) is 12.3. The van der Waals surface area contributed by atoms with E-state index in [9.17, 15) is 18.3 Å². The van der Waals surface area contributed by atoms with Gasteiger partial charge in [-0.25, -0.2) is 18.6 Å². The van der Waals surface area contributed by atoms with Crippen LogP contribution >= 0.6 is 0 Å². The lowest BCUT2D eigenvalue weighted by Gasteiger charge is -2.31. The number of amides is 1. The van der Waals surface area contributed by atoms with Crippen LogP contribution in [0.3, 0.4) is 0 Å². The molecule has 150 valence electrons. The zero-order valence-corrected chi connectivity index (χ0v) is 16.4. The summed E-state index contributed by atoms with van der Waals surface area (Å²) in [6.07, 6.45) is 6.01. The van der Waals surface area contributed by atoms with Gasteiger partial charge in [-0.05, 0) is 42.5 Å². The predicted molar refractivity (Wildman–Crippen MR) is 109 cm³/mol. The molecule has 0 radical (unpaired) electrons. The van der Waals surface area contributed by atoms with E-state index in [0.717, 1.165) is 30.2 Å². The van der Waals surface area contributed by atoms with Gasteiger partial charge >= 0.3 is 0 Å². The molecule has 29 heavy (non-hydrogen) atoms. The zero-order chi connectivity index (χ0) is 20.4. The highest BCUT2D eigenvalue weighted by Crippen LogP contribution is 2.40. The van der Waals surface area contributed by atoms with Gasteiger partial charge in [-0.3, -0.25) is 4.79 Å². The van der Waals surface area contributed by atoms with Crippen molar-refractivity contribution in [2.24, 2.45) is 16.9 Å². The topological polar surface area (TPSA) is 108 Å². The third-order valence-corrected chi connectivity index (χ3v) is 6.70. The lowest BCUT2D eigenvalue weighted by molar-refractivity contribution is 0.0951. The highest BCUT2D eigenvalue weighted by molar-refractivity contribution is 7.89. The van der Waals surface area contributed by atoms with Crippen LogP contribution in [0.15, 0.2) is 70.7 Å². The fraction of sp³-hybridized carbons (Fsp3) is 0.238. The van der Waals surface area contributed by atoms with Crippen molar-refractivity contribution in [1.29, 1.82) is 0 Å². The summed E-state index contributed by atoms with van der Waals surface area (Å²) in [6.45, 7) is 0.121. The minimum absolute atomic E-state index is 0.104. The number of sulfonamides is 1. The molecule has 2 atom stereocenters. The maximum absolute atomic E-state index is 12.6. The van der Waals surface area contributed by atoms with Crippen molar-refractivity contribution in [3.8, 4) is 5.75 Å². The first kappa shape index (κ1) is 19.4. The minimum Gasteiger partial charge on any atom is -0.507 e. The number of phenolic OH excluding ortho intramolecular Hbond substituents is 1. The second-order valence-corrected chi connectivity index (χ2v) is 8.94. The molecular weight excluding hydrogens is 390 g/mol. The molecule has 4 rings (SSSR count). The van der Waals surface area contributed by atoms with Crippen LogP contribution in [0.4, 0.5) is 0 Å². The number of phenols is 1. The van der Waals surface area contributed by atoms with Gasteiger partial charge in [-0.1, -0.05) is 42.5 Å². The van der Waals surface area contributed by atoms with E-state index in [0.29, 0.717) is 11.8 Å². The maximum Gasteiger partial charge on any atom is 0.275 e. The molecule has 1 saturated carbocycles. The Morgan fingerprint density at radius 2 is 1.97 bits per heavy atom. The maximum atomic E-state index is 12.6. The van der Waals surface area contributed by atoms with E-state index in [1.807, 2.05) is 30.3 Å². The molecule has 2 aliphatic carbocycles. The molecular formula is C21H21N3O4S. The standard InChI is InChI=1S/C21H21N3O4S/c25-20-10-9-16(29(27,28)22-13-14-5-2-1-3-6-14)12-18(20)21(26)24-23-19-11-15-7-4-8-17(15)19/h1-7,9-10,12,15,17,22,25H,8,11,13H2,(H,24,26)/b23-19-/t15-,17-/m1/s1. The Hall–Kier alpha value is -2.97. The molecule has 2 aliphatic rings. The van der Waals surface area contributed by atoms with Crippen molar-refractivity contribution in [3.63, 3.8) is 0 Å². The van der Waals surface area contributed by atoms with Gasteiger partial charge in [0.2, 0.25) is 10.0 Å². The first-order valence-corrected chi connectivity index (χ1v) is 10.8. The molecule has 0 spiro atoms. The average molecular weight is 411 g/mol. The number of carbonyl (C=O) groups excluding carboxylic acids is 1. The summed E-state index contributed by atoms with van der Waals surface area (Å²) >= 11 is 0. The number of benzene rings is 2. The van der Waals surface area contributed by atoms with Gasteiger partial charge in [0.15, 0.2) is 0 Å². The molecule has 2 aromatic rings. The number of allylic oxidation sites excluding steroid dienone is 2. The molecule has 1 amide bonds. The molecule has 0 unspecified atom stereocenters. The Bertz CT molecular complexity index is 1090. The lowest BCUT2D eigenvalue weighted by Crippen LogP contribution is -2.35. The second kappa shape index (κ2) is 7.81. The van der Waals surface area contributed by atoms with Crippen LogP contribution in [0.1, 0.15) is 28.8 Å². The van der Waals surface area contributed by atoms with Gasteiger partial charge in [0.25, 0.3) is 5.91 Å². The minimum atomic E-state index is -3.85. The molecule has 0 heterocycles. The number of aromatic hydroxyl groups is 1. The largest absolute Gasteiger partial charge is 0.507 e. The third-order valence-electron chi connectivity index (χ3n) is 5.30. The molecule has 0 saturated heterocycles. The van der Waals surface area contributed by atoms with Gasteiger partial charge in [-0.15, -0.1) is 0 Å².